The molecular formula is C11H8BrCl2N3O2S. The summed E-state index contributed by atoms with van der Waals surface area (Å²) < 4.78 is 27.6. The first-order valence-electron chi connectivity index (χ1n) is 5.27. The molecule has 1 N–H and O–H groups in total. The van der Waals surface area contributed by atoms with Gasteiger partial charge in [-0.1, -0.05) is 27.5 Å². The van der Waals surface area contributed by atoms with Crippen LogP contribution in [0.25, 0.3) is 0 Å². The zero-order valence-electron chi connectivity index (χ0n) is 10.1. The van der Waals surface area contributed by atoms with E-state index in [0.717, 1.165) is 10.0 Å². The summed E-state index contributed by atoms with van der Waals surface area (Å²) in [6.07, 6.45) is 0. The molecule has 0 saturated heterocycles. The van der Waals surface area contributed by atoms with E-state index in [4.69, 9.17) is 23.2 Å². The molecule has 0 aliphatic rings. The van der Waals surface area contributed by atoms with Crippen LogP contribution in [0.1, 0.15) is 5.56 Å². The third-order valence-electron chi connectivity index (χ3n) is 2.35. The molecule has 1 heterocycles. The van der Waals surface area contributed by atoms with Gasteiger partial charge in [-0.05, 0) is 42.3 Å². The Morgan fingerprint density at radius 3 is 2.50 bits per heavy atom. The largest absolute Gasteiger partial charge is 0.263 e. The Bertz CT molecular complexity index is 748. The lowest BCUT2D eigenvalue weighted by molar-refractivity contribution is 0.601. The first-order chi connectivity index (χ1) is 9.28. The first kappa shape index (κ1) is 15.5. The Balaban J connectivity index is 2.37. The quantitative estimate of drug-likeness (QED) is 0.634. The average molecular weight is 397 g/mol. The van der Waals surface area contributed by atoms with Gasteiger partial charge in [-0.2, -0.15) is 4.98 Å². The van der Waals surface area contributed by atoms with Crippen LogP contribution in [-0.2, 0) is 10.0 Å². The van der Waals surface area contributed by atoms with E-state index in [1.54, 1.807) is 13.0 Å². The second-order valence-electron chi connectivity index (χ2n) is 3.86. The highest BCUT2D eigenvalue weighted by atomic mass is 79.9. The molecule has 0 fully saturated rings. The van der Waals surface area contributed by atoms with Crippen molar-refractivity contribution in [2.75, 3.05) is 4.72 Å². The van der Waals surface area contributed by atoms with Crippen LogP contribution >= 0.6 is 39.1 Å². The van der Waals surface area contributed by atoms with Gasteiger partial charge >= 0.3 is 0 Å². The fraction of sp³-hybridized carbons (Fsp3) is 0.0909. The van der Waals surface area contributed by atoms with Crippen molar-refractivity contribution >= 4 is 55.0 Å². The van der Waals surface area contributed by atoms with Crippen molar-refractivity contribution in [1.29, 1.82) is 0 Å². The molecule has 5 nitrogen and oxygen atoms in total. The van der Waals surface area contributed by atoms with Crippen LogP contribution in [0.15, 0.2) is 33.6 Å². The average Bonchev–Trinajstić information content (AvgIpc) is 2.30. The second kappa shape index (κ2) is 5.85. The van der Waals surface area contributed by atoms with Gasteiger partial charge in [0.05, 0.1) is 4.90 Å². The maximum atomic E-state index is 12.2. The Morgan fingerprint density at radius 1 is 1.20 bits per heavy atom. The Hall–Kier alpha value is -0.890. The van der Waals surface area contributed by atoms with Crippen molar-refractivity contribution in [3.05, 3.63) is 44.7 Å². The van der Waals surface area contributed by atoms with Gasteiger partial charge in [0.1, 0.15) is 11.0 Å². The van der Waals surface area contributed by atoms with Gasteiger partial charge in [0.15, 0.2) is 0 Å². The highest BCUT2D eigenvalue weighted by Crippen LogP contribution is 2.22. The first-order valence-corrected chi connectivity index (χ1v) is 8.30. The van der Waals surface area contributed by atoms with Gasteiger partial charge < -0.3 is 0 Å². The molecule has 9 heteroatoms. The van der Waals surface area contributed by atoms with Gasteiger partial charge in [0, 0.05) is 10.5 Å². The number of benzene rings is 1. The van der Waals surface area contributed by atoms with E-state index in [1.807, 2.05) is 0 Å². The molecule has 0 radical (unpaired) electrons. The van der Waals surface area contributed by atoms with Gasteiger partial charge in [0.25, 0.3) is 10.0 Å². The van der Waals surface area contributed by atoms with Crippen molar-refractivity contribution in [3.8, 4) is 0 Å². The normalized spacial score (nSPS) is 11.4. The van der Waals surface area contributed by atoms with Crippen LogP contribution in [0, 0.1) is 6.92 Å². The molecule has 0 amide bonds. The summed E-state index contributed by atoms with van der Waals surface area (Å²) in [5.74, 6) is 0.00979. The molecule has 0 aliphatic heterocycles. The van der Waals surface area contributed by atoms with E-state index in [2.05, 4.69) is 30.6 Å². The third kappa shape index (κ3) is 3.60. The summed E-state index contributed by atoms with van der Waals surface area (Å²) in [4.78, 5) is 7.51. The third-order valence-corrected chi connectivity index (χ3v) is 4.95. The van der Waals surface area contributed by atoms with Gasteiger partial charge in [0.2, 0.25) is 5.28 Å². The molecule has 0 bridgehead atoms. The molecule has 1 aromatic heterocycles. The zero-order chi connectivity index (χ0) is 14.9. The number of nitrogens with one attached hydrogen (secondary N) is 1. The van der Waals surface area contributed by atoms with Crippen LogP contribution < -0.4 is 4.72 Å². The van der Waals surface area contributed by atoms with Crippen molar-refractivity contribution in [3.63, 3.8) is 0 Å². The summed E-state index contributed by atoms with van der Waals surface area (Å²) in [6.45, 7) is 1.79. The summed E-state index contributed by atoms with van der Waals surface area (Å²) in [7, 11) is -3.76. The lowest BCUT2D eigenvalue weighted by Gasteiger charge is -2.09. The molecule has 0 atom stereocenters. The van der Waals surface area contributed by atoms with E-state index >= 15 is 0 Å². The summed E-state index contributed by atoms with van der Waals surface area (Å²) in [5, 5.41) is -0.0862. The maximum Gasteiger partial charge on any atom is 0.263 e. The lowest BCUT2D eigenvalue weighted by Crippen LogP contribution is -2.14. The van der Waals surface area contributed by atoms with Gasteiger partial charge in [-0.15, -0.1) is 0 Å². The number of aryl methyl sites for hydroxylation is 1. The molecule has 0 unspecified atom stereocenters. The van der Waals surface area contributed by atoms with Crippen LogP contribution in [0.4, 0.5) is 5.82 Å². The lowest BCUT2D eigenvalue weighted by atomic mass is 10.2. The van der Waals surface area contributed by atoms with Crippen LogP contribution in [0.5, 0.6) is 0 Å². The van der Waals surface area contributed by atoms with Gasteiger partial charge in [-0.3, -0.25) is 4.72 Å². The SMILES string of the molecule is Cc1cc(S(=O)(=O)Nc2cc(Cl)nc(Cl)n2)ccc1Br. The topological polar surface area (TPSA) is 72.0 Å². The highest BCUT2D eigenvalue weighted by molar-refractivity contribution is 9.10. The van der Waals surface area contributed by atoms with Crippen molar-refractivity contribution in [1.82, 2.24) is 9.97 Å². The molecule has 1 aromatic carbocycles. The number of anilines is 1. The molecule has 0 aliphatic carbocycles. The highest BCUT2D eigenvalue weighted by Gasteiger charge is 2.16. The van der Waals surface area contributed by atoms with Crippen molar-refractivity contribution < 1.29 is 8.42 Å². The van der Waals surface area contributed by atoms with E-state index in [0.29, 0.717) is 0 Å². The molecule has 0 spiro atoms. The monoisotopic (exact) mass is 395 g/mol. The van der Waals surface area contributed by atoms with Crippen LogP contribution in [0.3, 0.4) is 0 Å². The molecule has 2 rings (SSSR count). The van der Waals surface area contributed by atoms with E-state index < -0.39 is 10.0 Å². The Kier molecular flexibility index (Phi) is 4.53. The zero-order valence-corrected chi connectivity index (χ0v) is 14.0. The Morgan fingerprint density at radius 2 is 1.90 bits per heavy atom. The number of hydrogen-bond acceptors (Lipinski definition) is 4. The number of sulfonamides is 1. The Labute approximate surface area is 134 Å². The van der Waals surface area contributed by atoms with Gasteiger partial charge in [-0.25, -0.2) is 13.4 Å². The van der Waals surface area contributed by atoms with E-state index in [1.165, 1.54) is 18.2 Å². The van der Waals surface area contributed by atoms with E-state index in [9.17, 15) is 8.42 Å². The molecule has 0 saturated carbocycles. The predicted molar refractivity (Wildman–Crippen MR) is 81.7 cm³/mol. The summed E-state index contributed by atoms with van der Waals surface area (Å²) in [6, 6.07) is 5.95. The van der Waals surface area contributed by atoms with Crippen molar-refractivity contribution in [2.24, 2.45) is 0 Å². The minimum atomic E-state index is -3.76. The molecule has 106 valence electrons. The molecule has 20 heavy (non-hydrogen) atoms. The predicted octanol–water partition coefficient (Wildman–Crippen LogP) is 3.66. The number of nitrogens with zero attached hydrogens (tertiary/aromatic N) is 2. The minimum absolute atomic E-state index is 0.00979. The standard InChI is InChI=1S/C11H8BrCl2N3O2S/c1-6-4-7(2-3-8(6)12)20(18,19)17-10-5-9(13)15-11(14)16-10/h2-5H,1H3,(H,15,16,17). The smallest absolute Gasteiger partial charge is 0.263 e. The fourth-order valence-corrected chi connectivity index (χ4v) is 3.16. The number of aromatic nitrogens is 2. The van der Waals surface area contributed by atoms with Crippen molar-refractivity contribution in [2.45, 2.75) is 11.8 Å². The molecule has 2 aromatic rings. The maximum absolute atomic E-state index is 12.2. The summed E-state index contributed by atoms with van der Waals surface area (Å²) in [5.41, 5.74) is 0.798. The number of halogens is 3. The van der Waals surface area contributed by atoms with E-state index in [-0.39, 0.29) is 21.2 Å². The second-order valence-corrected chi connectivity index (χ2v) is 7.12. The minimum Gasteiger partial charge on any atom is -0.263 e. The summed E-state index contributed by atoms with van der Waals surface area (Å²) >= 11 is 14.6. The number of hydrogen-bond donors (Lipinski definition) is 1. The number of rotatable bonds is 3. The van der Waals surface area contributed by atoms with Crippen LogP contribution in [0.2, 0.25) is 10.4 Å². The molecular weight excluding hydrogens is 389 g/mol. The fourth-order valence-electron chi connectivity index (χ4n) is 1.42. The van der Waals surface area contributed by atoms with Crippen LogP contribution in [-0.4, -0.2) is 18.4 Å².